The van der Waals surface area contributed by atoms with Gasteiger partial charge in [0.2, 0.25) is 5.88 Å². The molecule has 0 aliphatic carbocycles. The largest absolute Gasteiger partial charge is 0.477 e. The molecule has 4 aromatic rings. The highest BCUT2D eigenvalue weighted by molar-refractivity contribution is 6.12. The van der Waals surface area contributed by atoms with Crippen LogP contribution in [0.25, 0.3) is 27.2 Å². The monoisotopic (exact) mass is 361 g/mol. The Bertz CT molecular complexity index is 1320. The van der Waals surface area contributed by atoms with Crippen molar-refractivity contribution < 1.29 is 19.1 Å². The van der Waals surface area contributed by atoms with E-state index < -0.39 is 5.97 Å². The Morgan fingerprint density at radius 3 is 3.04 bits per heavy atom. The van der Waals surface area contributed by atoms with Crippen molar-refractivity contribution in [1.29, 1.82) is 0 Å². The van der Waals surface area contributed by atoms with E-state index in [2.05, 4.69) is 5.10 Å². The van der Waals surface area contributed by atoms with Crippen molar-refractivity contribution >= 4 is 33.2 Å². The molecule has 0 radical (unpaired) electrons. The zero-order chi connectivity index (χ0) is 18.4. The number of allylic oxidation sites excluding steroid dienone is 1. The summed E-state index contributed by atoms with van der Waals surface area (Å²) in [6.45, 7) is 0.642. The Balaban J connectivity index is 2.10. The Kier molecular flexibility index (Phi) is 3.33. The molecule has 0 amide bonds. The molecule has 1 aliphatic rings. The van der Waals surface area contributed by atoms with Crippen LogP contribution in [0.15, 0.2) is 71.9 Å². The number of aromatic carboxylic acids is 1. The molecule has 7 nitrogen and oxygen atoms in total. The molecule has 3 aromatic heterocycles. The number of ether oxygens (including phenoxy) is 1. The third-order valence-electron chi connectivity index (χ3n) is 4.59. The molecule has 1 aliphatic heterocycles. The molecule has 134 valence electrons. The van der Waals surface area contributed by atoms with E-state index in [9.17, 15) is 9.90 Å². The van der Waals surface area contributed by atoms with Crippen LogP contribution in [0, 0.1) is 0 Å². The number of H-pyrrole nitrogens is 1. The molecule has 7 heteroatoms. The second kappa shape index (κ2) is 5.84. The minimum absolute atomic E-state index is 0.186. The van der Waals surface area contributed by atoms with Gasteiger partial charge in [0.05, 0.1) is 30.0 Å². The number of carbonyl (C=O) groups is 1. The van der Waals surface area contributed by atoms with Crippen LogP contribution in [-0.4, -0.2) is 25.3 Å². The van der Waals surface area contributed by atoms with Gasteiger partial charge >= 0.3 is 5.97 Å². The number of para-hydroxylation sites is 1. The van der Waals surface area contributed by atoms with Crippen molar-refractivity contribution in [2.75, 3.05) is 0 Å². The van der Waals surface area contributed by atoms with E-state index in [0.717, 1.165) is 27.2 Å². The number of hydrogen-bond donors (Lipinski definition) is 2. The fourth-order valence-corrected chi connectivity index (χ4v) is 3.50. The van der Waals surface area contributed by atoms with Crippen molar-refractivity contribution in [3.05, 3.63) is 73.2 Å². The lowest BCUT2D eigenvalue weighted by molar-refractivity contribution is 0.0689. The van der Waals surface area contributed by atoms with Gasteiger partial charge in [0.1, 0.15) is 17.5 Å². The lowest BCUT2D eigenvalue weighted by atomic mass is 10.1. The topological polar surface area (TPSA) is 84.8 Å². The summed E-state index contributed by atoms with van der Waals surface area (Å²) < 4.78 is 14.8. The first-order valence-electron chi connectivity index (χ1n) is 8.41. The fourth-order valence-electron chi connectivity index (χ4n) is 3.50. The van der Waals surface area contributed by atoms with E-state index in [1.54, 1.807) is 41.3 Å². The van der Waals surface area contributed by atoms with Gasteiger partial charge in [0, 0.05) is 17.0 Å². The number of nitrogens with one attached hydrogen (secondary N) is 1. The molecule has 5 rings (SSSR count). The normalized spacial score (nSPS) is 12.7. The van der Waals surface area contributed by atoms with E-state index in [4.69, 9.17) is 9.15 Å². The lowest BCUT2D eigenvalue weighted by Gasteiger charge is -2.10. The van der Waals surface area contributed by atoms with Crippen LogP contribution >= 0.6 is 0 Å². The Morgan fingerprint density at radius 2 is 2.15 bits per heavy atom. The zero-order valence-electron chi connectivity index (χ0n) is 14.1. The molecule has 2 N–H and O–H groups in total. The molecule has 0 fully saturated rings. The summed E-state index contributed by atoms with van der Waals surface area (Å²) in [6.07, 6.45) is 8.41. The summed E-state index contributed by atoms with van der Waals surface area (Å²) >= 11 is 0. The van der Waals surface area contributed by atoms with Crippen molar-refractivity contribution in [3.8, 4) is 5.88 Å². The maximum atomic E-state index is 11.8. The van der Waals surface area contributed by atoms with Gasteiger partial charge in [-0.05, 0) is 24.3 Å². The van der Waals surface area contributed by atoms with Gasteiger partial charge in [0.15, 0.2) is 0 Å². The van der Waals surface area contributed by atoms with Crippen molar-refractivity contribution in [2.24, 2.45) is 0 Å². The fraction of sp³-hybridized carbons (Fsp3) is 0.0500. The van der Waals surface area contributed by atoms with Gasteiger partial charge in [-0.1, -0.05) is 18.2 Å². The first-order chi connectivity index (χ1) is 13.2. The highest BCUT2D eigenvalue weighted by atomic mass is 16.5. The van der Waals surface area contributed by atoms with Gasteiger partial charge in [-0.15, -0.1) is 0 Å². The molecule has 27 heavy (non-hydrogen) atoms. The number of rotatable bonds is 1. The molecule has 0 atom stereocenters. The van der Waals surface area contributed by atoms with Crippen molar-refractivity contribution in [1.82, 2.24) is 14.2 Å². The van der Waals surface area contributed by atoms with E-state index in [1.807, 2.05) is 29.0 Å². The summed E-state index contributed by atoms with van der Waals surface area (Å²) in [5, 5.41) is 15.4. The molecule has 0 saturated carbocycles. The SMILES string of the molecule is O=C(O)c1cc2cccc3c4c5n([nH]c4coccccn1c23)CC=CO5. The Hall–Kier alpha value is -3.87. The first-order valence-corrected chi connectivity index (χ1v) is 8.41. The predicted octanol–water partition coefficient (Wildman–Crippen LogP) is 4.26. The third-order valence-corrected chi connectivity index (χ3v) is 4.59. The average molecular weight is 361 g/mol. The Morgan fingerprint density at radius 1 is 1.22 bits per heavy atom. The summed E-state index contributed by atoms with van der Waals surface area (Å²) in [5.41, 5.74) is 1.71. The van der Waals surface area contributed by atoms with Gasteiger partial charge in [0.25, 0.3) is 0 Å². The molecule has 4 heterocycles. The van der Waals surface area contributed by atoms with E-state index >= 15 is 0 Å². The predicted molar refractivity (Wildman–Crippen MR) is 100 cm³/mol. The third kappa shape index (κ3) is 2.32. The number of carboxylic acid groups (broad SMARTS) is 1. The highest BCUT2D eigenvalue weighted by Gasteiger charge is 2.18. The van der Waals surface area contributed by atoms with Crippen molar-refractivity contribution in [3.63, 3.8) is 0 Å². The van der Waals surface area contributed by atoms with Gasteiger partial charge in [-0.3, -0.25) is 9.78 Å². The Labute approximate surface area is 152 Å². The van der Waals surface area contributed by atoms with E-state index in [-0.39, 0.29) is 5.69 Å². The van der Waals surface area contributed by atoms with Gasteiger partial charge in [-0.2, -0.15) is 0 Å². The van der Waals surface area contributed by atoms with Crippen LogP contribution in [-0.2, 0) is 6.54 Å². The van der Waals surface area contributed by atoms with Gasteiger partial charge < -0.3 is 18.7 Å². The standard InChI is InChI=1S/C20H15N3O4/c24-20(25)16-11-13-5-3-6-14-17-15(21-23-8-4-10-27-19(17)23)12-26-9-2-1-7-22(16)18(13)14/h1-7,9-12,21H,8H2,(H,24,25). The number of aromatic nitrogens is 3. The van der Waals surface area contributed by atoms with Crippen molar-refractivity contribution in [2.45, 2.75) is 6.54 Å². The van der Waals surface area contributed by atoms with Gasteiger partial charge in [-0.25, -0.2) is 4.79 Å². The van der Waals surface area contributed by atoms with Crippen LogP contribution in [0.1, 0.15) is 10.5 Å². The number of hydrogen-bond acceptors (Lipinski definition) is 3. The van der Waals surface area contributed by atoms with Crippen LogP contribution in [0.5, 0.6) is 5.88 Å². The van der Waals surface area contributed by atoms with Crippen LogP contribution in [0.2, 0.25) is 0 Å². The molecule has 1 aromatic carbocycles. The maximum absolute atomic E-state index is 11.8. The summed E-state index contributed by atoms with van der Waals surface area (Å²) in [7, 11) is 0. The minimum Gasteiger partial charge on any atom is -0.477 e. The lowest BCUT2D eigenvalue weighted by Crippen LogP contribution is -2.04. The molecule has 0 saturated heterocycles. The smallest absolute Gasteiger partial charge is 0.352 e. The number of aromatic amines is 1. The number of carboxylic acids is 1. The number of benzene rings is 1. The molecule has 0 spiro atoms. The van der Waals surface area contributed by atoms with E-state index in [1.165, 1.54) is 6.26 Å². The van der Waals surface area contributed by atoms with Crippen LogP contribution < -0.4 is 4.74 Å². The molecule has 0 unspecified atom stereocenters. The second-order valence-corrected chi connectivity index (χ2v) is 6.18. The highest BCUT2D eigenvalue weighted by Crippen LogP contribution is 2.34. The first kappa shape index (κ1) is 15.4. The minimum atomic E-state index is -0.992. The quantitative estimate of drug-likeness (QED) is 0.530. The summed E-state index contributed by atoms with van der Waals surface area (Å²) in [4.78, 5) is 11.8. The second-order valence-electron chi connectivity index (χ2n) is 6.18. The van der Waals surface area contributed by atoms with E-state index in [0.29, 0.717) is 12.4 Å². The zero-order valence-corrected chi connectivity index (χ0v) is 14.1. The maximum Gasteiger partial charge on any atom is 0.352 e. The average Bonchev–Trinajstić information content (AvgIpc) is 3.21. The molecular weight excluding hydrogens is 346 g/mol. The van der Waals surface area contributed by atoms with Crippen LogP contribution in [0.3, 0.4) is 0 Å². The summed E-state index contributed by atoms with van der Waals surface area (Å²) in [5.74, 6) is -0.343. The molecular formula is C20H15N3O4. The molecule has 0 bridgehead atoms. The summed E-state index contributed by atoms with van der Waals surface area (Å²) in [6, 6.07) is 10.9. The van der Waals surface area contributed by atoms with Crippen LogP contribution in [0.4, 0.5) is 0 Å². The number of nitrogens with zero attached hydrogens (tertiary/aromatic N) is 2. The number of fused-ring (bicyclic) bond motifs is 4.